The quantitative estimate of drug-likeness (QED) is 0.854. The van der Waals surface area contributed by atoms with E-state index in [2.05, 4.69) is 4.90 Å². The molecule has 2 heterocycles. The highest BCUT2D eigenvalue weighted by Crippen LogP contribution is 2.25. The molecule has 1 aromatic carbocycles. The Morgan fingerprint density at radius 2 is 1.70 bits per heavy atom. The Kier molecular flexibility index (Phi) is 3.84. The number of hydrogen-bond donors (Lipinski definition) is 0. The van der Waals surface area contributed by atoms with Gasteiger partial charge in [0.1, 0.15) is 0 Å². The van der Waals surface area contributed by atoms with Crippen molar-refractivity contribution in [3.63, 3.8) is 0 Å². The first-order chi connectivity index (χ1) is 9.57. The molecule has 4 nitrogen and oxygen atoms in total. The monoisotopic (exact) mass is 294 g/mol. The molecule has 0 radical (unpaired) electrons. The van der Waals surface area contributed by atoms with E-state index in [1.807, 2.05) is 19.1 Å². The van der Waals surface area contributed by atoms with E-state index in [1.54, 1.807) is 16.4 Å². The van der Waals surface area contributed by atoms with Crippen LogP contribution >= 0.6 is 0 Å². The number of sulfonamides is 1. The molecule has 0 aromatic heterocycles. The lowest BCUT2D eigenvalue weighted by Gasteiger charge is -2.23. The summed E-state index contributed by atoms with van der Waals surface area (Å²) in [6, 6.07) is 7.57. The molecule has 2 saturated heterocycles. The van der Waals surface area contributed by atoms with Crippen molar-refractivity contribution in [1.29, 1.82) is 0 Å². The zero-order chi connectivity index (χ0) is 14.2. The first kappa shape index (κ1) is 14.0. The summed E-state index contributed by atoms with van der Waals surface area (Å²) in [5, 5.41) is 0. The van der Waals surface area contributed by atoms with Crippen molar-refractivity contribution in [2.45, 2.75) is 37.1 Å². The van der Waals surface area contributed by atoms with Crippen LogP contribution < -0.4 is 0 Å². The van der Waals surface area contributed by atoms with E-state index in [-0.39, 0.29) is 0 Å². The number of hydrogen-bond acceptors (Lipinski definition) is 3. The minimum atomic E-state index is -3.31. The van der Waals surface area contributed by atoms with E-state index in [0.717, 1.165) is 25.1 Å². The Labute approximate surface area is 121 Å². The Hall–Kier alpha value is -0.910. The molecule has 5 heteroatoms. The Morgan fingerprint density at radius 3 is 2.35 bits per heavy atom. The van der Waals surface area contributed by atoms with Crippen molar-refractivity contribution in [2.24, 2.45) is 0 Å². The second-order valence-electron chi connectivity index (χ2n) is 5.86. The average Bonchev–Trinajstić information content (AvgIpc) is 3.10. The molecule has 20 heavy (non-hydrogen) atoms. The van der Waals surface area contributed by atoms with Crippen molar-refractivity contribution in [3.05, 3.63) is 29.8 Å². The maximum Gasteiger partial charge on any atom is 0.243 e. The van der Waals surface area contributed by atoms with Gasteiger partial charge >= 0.3 is 0 Å². The van der Waals surface area contributed by atoms with Crippen molar-refractivity contribution in [1.82, 2.24) is 9.21 Å². The molecule has 110 valence electrons. The van der Waals surface area contributed by atoms with Gasteiger partial charge in [-0.25, -0.2) is 8.42 Å². The summed E-state index contributed by atoms with van der Waals surface area (Å²) in [6.45, 7) is 5.52. The van der Waals surface area contributed by atoms with Crippen LogP contribution in [-0.2, 0) is 10.0 Å². The third-order valence-corrected chi connectivity index (χ3v) is 6.32. The van der Waals surface area contributed by atoms with Crippen LogP contribution in [0.4, 0.5) is 0 Å². The second kappa shape index (κ2) is 5.47. The predicted octanol–water partition coefficient (Wildman–Crippen LogP) is 1.85. The highest BCUT2D eigenvalue weighted by molar-refractivity contribution is 7.89. The predicted molar refractivity (Wildman–Crippen MR) is 79.1 cm³/mol. The van der Waals surface area contributed by atoms with Gasteiger partial charge in [-0.15, -0.1) is 0 Å². The summed E-state index contributed by atoms with van der Waals surface area (Å²) in [5.74, 6) is 0. The van der Waals surface area contributed by atoms with Gasteiger partial charge in [0.2, 0.25) is 10.0 Å². The topological polar surface area (TPSA) is 40.6 Å². The van der Waals surface area contributed by atoms with Crippen LogP contribution in [0.15, 0.2) is 29.2 Å². The zero-order valence-electron chi connectivity index (χ0n) is 12.0. The van der Waals surface area contributed by atoms with E-state index in [1.165, 1.54) is 12.8 Å². The number of aryl methyl sites for hydroxylation is 1. The van der Waals surface area contributed by atoms with Crippen LogP contribution in [-0.4, -0.2) is 49.8 Å². The van der Waals surface area contributed by atoms with Crippen molar-refractivity contribution >= 4 is 10.0 Å². The fourth-order valence-corrected chi connectivity index (χ4v) is 4.69. The molecule has 0 spiro atoms. The standard InChI is InChI=1S/C15H22N2O2S/c1-13-4-6-15(7-5-13)20(18,19)17-11-8-14(12-17)16-9-2-3-10-16/h4-7,14H,2-3,8-12H2,1H3. The number of likely N-dealkylation sites (tertiary alicyclic amines) is 1. The van der Waals surface area contributed by atoms with Gasteiger partial charge in [0, 0.05) is 19.1 Å². The van der Waals surface area contributed by atoms with E-state index in [4.69, 9.17) is 0 Å². The molecule has 2 aliphatic heterocycles. The van der Waals surface area contributed by atoms with Crippen LogP contribution in [0.3, 0.4) is 0 Å². The zero-order valence-corrected chi connectivity index (χ0v) is 12.8. The number of nitrogens with zero attached hydrogens (tertiary/aromatic N) is 2. The lowest BCUT2D eigenvalue weighted by molar-refractivity contribution is 0.251. The maximum atomic E-state index is 12.6. The molecule has 0 saturated carbocycles. The van der Waals surface area contributed by atoms with Crippen molar-refractivity contribution in [3.8, 4) is 0 Å². The average molecular weight is 294 g/mol. The molecule has 2 fully saturated rings. The molecule has 0 amide bonds. The van der Waals surface area contributed by atoms with Gasteiger partial charge in [-0.05, 0) is 51.4 Å². The maximum absolute atomic E-state index is 12.6. The first-order valence-corrected chi connectivity index (χ1v) is 8.82. The lowest BCUT2D eigenvalue weighted by Crippen LogP contribution is -2.37. The minimum absolute atomic E-state index is 0.415. The van der Waals surface area contributed by atoms with Crippen molar-refractivity contribution in [2.75, 3.05) is 26.2 Å². The lowest BCUT2D eigenvalue weighted by atomic mass is 10.2. The fraction of sp³-hybridized carbons (Fsp3) is 0.600. The molecule has 3 rings (SSSR count). The number of rotatable bonds is 3. The molecular formula is C15H22N2O2S. The number of benzene rings is 1. The third kappa shape index (κ3) is 2.62. The van der Waals surface area contributed by atoms with Gasteiger partial charge in [-0.2, -0.15) is 4.31 Å². The molecule has 1 aromatic rings. The minimum Gasteiger partial charge on any atom is -0.299 e. The molecule has 0 aliphatic carbocycles. The van der Waals surface area contributed by atoms with Gasteiger partial charge in [-0.3, -0.25) is 4.90 Å². The normalized spacial score (nSPS) is 25.4. The van der Waals surface area contributed by atoms with Gasteiger partial charge in [0.15, 0.2) is 0 Å². The molecule has 2 aliphatic rings. The Balaban J connectivity index is 1.74. The second-order valence-corrected chi connectivity index (χ2v) is 7.80. The van der Waals surface area contributed by atoms with Crippen LogP contribution in [0.25, 0.3) is 0 Å². The van der Waals surface area contributed by atoms with Crippen LogP contribution in [0.5, 0.6) is 0 Å². The van der Waals surface area contributed by atoms with Gasteiger partial charge < -0.3 is 0 Å². The van der Waals surface area contributed by atoms with E-state index >= 15 is 0 Å². The van der Waals surface area contributed by atoms with E-state index in [0.29, 0.717) is 24.0 Å². The van der Waals surface area contributed by atoms with Crippen LogP contribution in [0.2, 0.25) is 0 Å². The molecule has 0 bridgehead atoms. The molecule has 0 N–H and O–H groups in total. The van der Waals surface area contributed by atoms with Gasteiger partial charge in [0.05, 0.1) is 4.90 Å². The largest absolute Gasteiger partial charge is 0.299 e. The molecular weight excluding hydrogens is 272 g/mol. The Bertz CT molecular complexity index is 562. The summed E-state index contributed by atoms with van der Waals surface area (Å²) in [4.78, 5) is 2.87. The molecule has 1 atom stereocenters. The summed E-state index contributed by atoms with van der Waals surface area (Å²) < 4.78 is 26.9. The summed E-state index contributed by atoms with van der Waals surface area (Å²) in [7, 11) is -3.31. The summed E-state index contributed by atoms with van der Waals surface area (Å²) >= 11 is 0. The van der Waals surface area contributed by atoms with Gasteiger partial charge in [0.25, 0.3) is 0 Å². The van der Waals surface area contributed by atoms with E-state index in [9.17, 15) is 8.42 Å². The Morgan fingerprint density at radius 1 is 1.05 bits per heavy atom. The fourth-order valence-electron chi connectivity index (χ4n) is 3.19. The van der Waals surface area contributed by atoms with E-state index < -0.39 is 10.0 Å². The smallest absolute Gasteiger partial charge is 0.243 e. The van der Waals surface area contributed by atoms with Crippen molar-refractivity contribution < 1.29 is 8.42 Å². The van der Waals surface area contributed by atoms with Gasteiger partial charge in [-0.1, -0.05) is 17.7 Å². The van der Waals surface area contributed by atoms with Crippen LogP contribution in [0, 0.1) is 6.92 Å². The third-order valence-electron chi connectivity index (χ3n) is 4.44. The van der Waals surface area contributed by atoms with Crippen LogP contribution in [0.1, 0.15) is 24.8 Å². The highest BCUT2D eigenvalue weighted by atomic mass is 32.2. The summed E-state index contributed by atoms with van der Waals surface area (Å²) in [6.07, 6.45) is 3.47. The summed E-state index contributed by atoms with van der Waals surface area (Å²) in [5.41, 5.74) is 1.08. The highest BCUT2D eigenvalue weighted by Gasteiger charge is 2.35. The molecule has 1 unspecified atom stereocenters. The SMILES string of the molecule is Cc1ccc(S(=O)(=O)N2CCC(N3CCCC3)C2)cc1. The first-order valence-electron chi connectivity index (χ1n) is 7.38.